The van der Waals surface area contributed by atoms with Crippen molar-refractivity contribution >= 4 is 63.8 Å². The molecule has 9 rings (SSSR count). The van der Waals surface area contributed by atoms with Gasteiger partial charge in [0.15, 0.2) is 17.5 Å². The van der Waals surface area contributed by atoms with Crippen LogP contribution in [0.15, 0.2) is 140 Å². The van der Waals surface area contributed by atoms with E-state index in [0.29, 0.717) is 17.5 Å². The van der Waals surface area contributed by atoms with Gasteiger partial charge >= 0.3 is 0 Å². The lowest BCUT2D eigenvalue weighted by Gasteiger charge is -2.11. The molecule has 43 heavy (non-hydrogen) atoms. The van der Waals surface area contributed by atoms with Crippen LogP contribution in [0.25, 0.3) is 86.7 Å². The smallest absolute Gasteiger partial charge is 0.164 e. The van der Waals surface area contributed by atoms with Gasteiger partial charge in [-0.25, -0.2) is 15.0 Å². The summed E-state index contributed by atoms with van der Waals surface area (Å²) in [6.45, 7) is 0. The van der Waals surface area contributed by atoms with Gasteiger partial charge in [0.1, 0.15) is 0 Å². The number of rotatable bonds is 3. The van der Waals surface area contributed by atoms with Gasteiger partial charge in [0.2, 0.25) is 0 Å². The minimum Gasteiger partial charge on any atom is -0.208 e. The summed E-state index contributed by atoms with van der Waals surface area (Å²) in [6, 6.07) is 49.2. The molecule has 0 saturated carbocycles. The quantitative estimate of drug-likeness (QED) is 0.200. The van der Waals surface area contributed by atoms with Gasteiger partial charge in [-0.3, -0.25) is 0 Å². The maximum atomic E-state index is 5.14. The van der Waals surface area contributed by atoms with Crippen LogP contribution in [0.2, 0.25) is 0 Å². The fourth-order valence-corrected chi connectivity index (χ4v) is 7.41. The van der Waals surface area contributed by atoms with Gasteiger partial charge in [0, 0.05) is 36.9 Å². The summed E-state index contributed by atoms with van der Waals surface area (Å²) in [6.07, 6.45) is 0. The van der Waals surface area contributed by atoms with E-state index in [1.807, 2.05) is 18.2 Å². The largest absolute Gasteiger partial charge is 0.208 e. The monoisotopic (exact) mass is 565 g/mol. The zero-order chi connectivity index (χ0) is 28.3. The first-order chi connectivity index (χ1) is 21.3. The molecule has 0 spiro atoms. The number of benzene rings is 7. The van der Waals surface area contributed by atoms with Crippen molar-refractivity contribution in [1.29, 1.82) is 0 Å². The lowest BCUT2D eigenvalue weighted by atomic mass is 9.95. The predicted molar refractivity (Wildman–Crippen MR) is 182 cm³/mol. The summed E-state index contributed by atoms with van der Waals surface area (Å²) in [5.41, 5.74) is 2.96. The van der Waals surface area contributed by atoms with Crippen LogP contribution >= 0.6 is 11.3 Å². The predicted octanol–water partition coefficient (Wildman–Crippen LogP) is 10.7. The molecule has 0 fully saturated rings. The van der Waals surface area contributed by atoms with E-state index in [2.05, 4.69) is 121 Å². The average Bonchev–Trinajstić information content (AvgIpc) is 3.47. The van der Waals surface area contributed by atoms with Gasteiger partial charge in [-0.2, -0.15) is 0 Å². The van der Waals surface area contributed by atoms with E-state index in [0.717, 1.165) is 22.1 Å². The molecular weight excluding hydrogens is 543 g/mol. The highest BCUT2D eigenvalue weighted by atomic mass is 32.1. The Balaban J connectivity index is 1.29. The third kappa shape index (κ3) is 3.92. The van der Waals surface area contributed by atoms with Gasteiger partial charge in [-0.05, 0) is 50.5 Å². The number of aromatic nitrogens is 3. The fraction of sp³-hybridized carbons (Fsp3) is 0. The molecule has 0 bridgehead atoms. The number of hydrogen-bond donors (Lipinski definition) is 0. The van der Waals surface area contributed by atoms with Crippen molar-refractivity contribution in [2.75, 3.05) is 0 Å². The van der Waals surface area contributed by atoms with Crippen LogP contribution in [-0.2, 0) is 0 Å². The second-order valence-electron chi connectivity index (χ2n) is 10.8. The Kier molecular flexibility index (Phi) is 5.37. The topological polar surface area (TPSA) is 38.7 Å². The molecular formula is C39H23N3S. The second-order valence-corrected chi connectivity index (χ2v) is 11.9. The van der Waals surface area contributed by atoms with Gasteiger partial charge < -0.3 is 0 Å². The van der Waals surface area contributed by atoms with Crippen LogP contribution in [0, 0.1) is 0 Å². The highest BCUT2D eigenvalue weighted by Crippen LogP contribution is 2.40. The third-order valence-corrected chi connectivity index (χ3v) is 9.43. The highest BCUT2D eigenvalue weighted by Gasteiger charge is 2.17. The first-order valence-corrected chi connectivity index (χ1v) is 15.2. The van der Waals surface area contributed by atoms with E-state index in [-0.39, 0.29) is 0 Å². The highest BCUT2D eigenvalue weighted by molar-refractivity contribution is 7.25. The lowest BCUT2D eigenvalue weighted by Crippen LogP contribution is -2.00. The summed E-state index contributed by atoms with van der Waals surface area (Å²) in [4.78, 5) is 15.2. The second kappa shape index (κ2) is 9.55. The van der Waals surface area contributed by atoms with E-state index < -0.39 is 0 Å². The maximum absolute atomic E-state index is 5.14. The number of thiophene rings is 1. The molecule has 0 aliphatic rings. The summed E-state index contributed by atoms with van der Waals surface area (Å²) >= 11 is 1.80. The molecule has 2 heterocycles. The molecule has 0 amide bonds. The Bertz CT molecular complexity index is 2510. The summed E-state index contributed by atoms with van der Waals surface area (Å²) in [7, 11) is 0. The lowest BCUT2D eigenvalue weighted by molar-refractivity contribution is 1.08. The standard InChI is InChI=1S/C39H23N3S/c1-2-10-26(11-3-1)37-40-38(42-39(41-37)32-14-8-16-34-36(32)31-13-6-7-15-33(31)43-34)28-21-22-30-27(23-28)20-19-25-18-17-24-9-4-5-12-29(24)35(25)30/h1-23H. The molecule has 0 aliphatic carbocycles. The molecule has 2 aromatic heterocycles. The molecule has 4 heteroatoms. The van der Waals surface area contributed by atoms with E-state index in [9.17, 15) is 0 Å². The van der Waals surface area contributed by atoms with Gasteiger partial charge in [0.05, 0.1) is 0 Å². The Morgan fingerprint density at radius 3 is 1.91 bits per heavy atom. The van der Waals surface area contributed by atoms with Gasteiger partial charge in [0.25, 0.3) is 0 Å². The number of hydrogen-bond acceptors (Lipinski definition) is 4. The van der Waals surface area contributed by atoms with E-state index in [4.69, 9.17) is 15.0 Å². The molecule has 0 radical (unpaired) electrons. The van der Waals surface area contributed by atoms with E-state index in [1.54, 1.807) is 11.3 Å². The first-order valence-electron chi connectivity index (χ1n) is 14.4. The van der Waals surface area contributed by atoms with Crippen LogP contribution < -0.4 is 0 Å². The minimum absolute atomic E-state index is 0.667. The Morgan fingerprint density at radius 1 is 0.372 bits per heavy atom. The summed E-state index contributed by atoms with van der Waals surface area (Å²) in [5.74, 6) is 2.02. The van der Waals surface area contributed by atoms with E-state index in [1.165, 1.54) is 47.1 Å². The maximum Gasteiger partial charge on any atom is 0.164 e. The molecule has 0 aliphatic heterocycles. The summed E-state index contributed by atoms with van der Waals surface area (Å²) < 4.78 is 2.49. The third-order valence-electron chi connectivity index (χ3n) is 8.29. The number of fused-ring (bicyclic) bond motifs is 8. The van der Waals surface area contributed by atoms with Crippen molar-refractivity contribution < 1.29 is 0 Å². The zero-order valence-electron chi connectivity index (χ0n) is 23.0. The van der Waals surface area contributed by atoms with Crippen molar-refractivity contribution in [1.82, 2.24) is 15.0 Å². The van der Waals surface area contributed by atoms with Crippen molar-refractivity contribution in [3.8, 4) is 34.2 Å². The van der Waals surface area contributed by atoms with Crippen LogP contribution in [0.3, 0.4) is 0 Å². The zero-order valence-corrected chi connectivity index (χ0v) is 23.8. The number of nitrogens with zero attached hydrogens (tertiary/aromatic N) is 3. The molecule has 0 N–H and O–H groups in total. The van der Waals surface area contributed by atoms with Crippen molar-refractivity contribution in [2.45, 2.75) is 0 Å². The van der Waals surface area contributed by atoms with Crippen molar-refractivity contribution in [3.05, 3.63) is 140 Å². The first kappa shape index (κ1) is 24.2. The van der Waals surface area contributed by atoms with Crippen molar-refractivity contribution in [3.63, 3.8) is 0 Å². The SMILES string of the molecule is c1ccc(-c2nc(-c3ccc4c(ccc5ccc6ccccc6c54)c3)nc(-c3cccc4sc5ccccc5c34)n2)cc1. The molecule has 0 unspecified atom stereocenters. The summed E-state index contributed by atoms with van der Waals surface area (Å²) in [5, 5.41) is 9.84. The minimum atomic E-state index is 0.667. The van der Waals surface area contributed by atoms with Crippen LogP contribution in [0.1, 0.15) is 0 Å². The molecule has 7 aromatic carbocycles. The van der Waals surface area contributed by atoms with Crippen LogP contribution in [0.4, 0.5) is 0 Å². The van der Waals surface area contributed by atoms with Gasteiger partial charge in [-0.15, -0.1) is 11.3 Å². The van der Waals surface area contributed by atoms with Crippen LogP contribution in [0.5, 0.6) is 0 Å². The molecule has 200 valence electrons. The van der Waals surface area contributed by atoms with Crippen molar-refractivity contribution in [2.24, 2.45) is 0 Å². The molecule has 0 atom stereocenters. The fourth-order valence-electron chi connectivity index (χ4n) is 6.28. The molecule has 0 saturated heterocycles. The van der Waals surface area contributed by atoms with Gasteiger partial charge in [-0.1, -0.05) is 121 Å². The van der Waals surface area contributed by atoms with E-state index >= 15 is 0 Å². The average molecular weight is 566 g/mol. The Morgan fingerprint density at radius 2 is 1.02 bits per heavy atom. The normalized spacial score (nSPS) is 11.7. The Labute approximate surface area is 251 Å². The molecule has 9 aromatic rings. The van der Waals surface area contributed by atoms with Crippen LogP contribution in [-0.4, -0.2) is 15.0 Å². The Hall–Kier alpha value is -5.45. The molecule has 3 nitrogen and oxygen atoms in total.